The minimum atomic E-state index is 0.809. The fraction of sp³-hybridized carbons (Fsp3) is 0.174. The van der Waals surface area contributed by atoms with Crippen LogP contribution in [0.5, 0.6) is 0 Å². The quantitative estimate of drug-likeness (QED) is 0.258. The highest BCUT2D eigenvalue weighted by Crippen LogP contribution is 2.36. The minimum absolute atomic E-state index is 0.809. The predicted molar refractivity (Wildman–Crippen MR) is 141 cm³/mol. The van der Waals surface area contributed by atoms with Crippen molar-refractivity contribution in [3.8, 4) is 0 Å². The molecule has 0 saturated heterocycles. The number of aryl methyl sites for hydroxylation is 2. The largest absolute Gasteiger partial charge is 0.249 e. The first-order chi connectivity index (χ1) is 14.2. The summed E-state index contributed by atoms with van der Waals surface area (Å²) in [5, 5.41) is 0. The molecule has 0 saturated carbocycles. The highest BCUT2D eigenvalue weighted by Gasteiger charge is 2.10. The van der Waals surface area contributed by atoms with Crippen molar-refractivity contribution >= 4 is 86.5 Å². The summed E-state index contributed by atoms with van der Waals surface area (Å²) in [4.78, 5) is 14.4. The molecule has 1 aromatic heterocycles. The van der Waals surface area contributed by atoms with Gasteiger partial charge in [-0.05, 0) is 139 Å². The Bertz CT molecular complexity index is 1050. The fourth-order valence-electron chi connectivity index (χ4n) is 2.89. The molecule has 0 aliphatic rings. The van der Waals surface area contributed by atoms with E-state index >= 15 is 0 Å². The topological polar surface area (TPSA) is 37.6 Å². The maximum Gasteiger partial charge on any atom is 0.0917 e. The predicted octanol–water partition coefficient (Wildman–Crippen LogP) is 9.03. The Kier molecular flexibility index (Phi) is 7.82. The summed E-state index contributed by atoms with van der Waals surface area (Å²) in [5.74, 6) is 0. The van der Waals surface area contributed by atoms with Crippen molar-refractivity contribution in [1.29, 1.82) is 0 Å². The third kappa shape index (κ3) is 5.55. The van der Waals surface area contributed by atoms with Crippen molar-refractivity contribution in [3.63, 3.8) is 0 Å². The van der Waals surface area contributed by atoms with Crippen molar-refractivity contribution < 1.29 is 0 Å². The molecule has 0 aliphatic heterocycles. The second-order valence-electron chi connectivity index (χ2n) is 6.96. The van der Waals surface area contributed by atoms with E-state index in [2.05, 4.69) is 88.0 Å². The van der Waals surface area contributed by atoms with Gasteiger partial charge in [-0.3, -0.25) is 0 Å². The van der Waals surface area contributed by atoms with E-state index in [0.717, 1.165) is 63.2 Å². The SMILES string of the molecule is CC(=Nc1c(Br)cc(C)cc1Br)c1cccc(C(C)=Nc2c(Br)cc(C)cc2Br)n1. The summed E-state index contributed by atoms with van der Waals surface area (Å²) in [5.41, 5.74) is 7.29. The third-order valence-electron chi connectivity index (χ3n) is 4.37. The van der Waals surface area contributed by atoms with Crippen LogP contribution in [0.1, 0.15) is 36.4 Å². The number of benzene rings is 2. The maximum absolute atomic E-state index is 4.80. The zero-order chi connectivity index (χ0) is 22.0. The van der Waals surface area contributed by atoms with Gasteiger partial charge in [-0.25, -0.2) is 15.0 Å². The smallest absolute Gasteiger partial charge is 0.0917 e. The lowest BCUT2D eigenvalue weighted by atomic mass is 10.2. The monoisotopic (exact) mass is 653 g/mol. The Hall–Kier alpha value is -1.15. The van der Waals surface area contributed by atoms with Crippen LogP contribution in [0.15, 0.2) is 70.3 Å². The van der Waals surface area contributed by atoms with Gasteiger partial charge >= 0.3 is 0 Å². The molecule has 1 heterocycles. The summed E-state index contributed by atoms with van der Waals surface area (Å²) in [6.45, 7) is 8.02. The van der Waals surface area contributed by atoms with E-state index in [1.807, 2.05) is 45.9 Å². The molecule has 0 N–H and O–H groups in total. The van der Waals surface area contributed by atoms with Gasteiger partial charge in [0, 0.05) is 17.9 Å². The number of nitrogens with zero attached hydrogens (tertiary/aromatic N) is 3. The minimum Gasteiger partial charge on any atom is -0.249 e. The van der Waals surface area contributed by atoms with E-state index in [9.17, 15) is 0 Å². The lowest BCUT2D eigenvalue weighted by Gasteiger charge is -2.09. The highest BCUT2D eigenvalue weighted by atomic mass is 79.9. The Morgan fingerprint density at radius 3 is 1.33 bits per heavy atom. The molecule has 154 valence electrons. The molecular weight excluding hydrogens is 638 g/mol. The van der Waals surface area contributed by atoms with Crippen LogP contribution in [0.3, 0.4) is 0 Å². The molecule has 30 heavy (non-hydrogen) atoms. The van der Waals surface area contributed by atoms with Crippen molar-refractivity contribution in [3.05, 3.63) is 82.9 Å². The van der Waals surface area contributed by atoms with E-state index in [1.165, 1.54) is 0 Å². The van der Waals surface area contributed by atoms with Crippen molar-refractivity contribution in [1.82, 2.24) is 4.98 Å². The molecule has 0 spiro atoms. The summed E-state index contributed by atoms with van der Waals surface area (Å²) in [7, 11) is 0. The molecule has 7 heteroatoms. The molecule has 3 aromatic rings. The van der Waals surface area contributed by atoms with Gasteiger partial charge in [0.2, 0.25) is 0 Å². The molecule has 3 nitrogen and oxygen atoms in total. The number of hydrogen-bond acceptors (Lipinski definition) is 3. The maximum atomic E-state index is 4.80. The van der Waals surface area contributed by atoms with Gasteiger partial charge in [-0.2, -0.15) is 0 Å². The molecule has 0 amide bonds. The van der Waals surface area contributed by atoms with Crippen molar-refractivity contribution in [2.75, 3.05) is 0 Å². The lowest BCUT2D eigenvalue weighted by Crippen LogP contribution is -2.05. The third-order valence-corrected chi connectivity index (χ3v) is 6.79. The van der Waals surface area contributed by atoms with E-state index in [4.69, 9.17) is 15.0 Å². The van der Waals surface area contributed by atoms with Crippen LogP contribution in [0.2, 0.25) is 0 Å². The van der Waals surface area contributed by atoms with Gasteiger partial charge in [0.05, 0.1) is 34.2 Å². The summed E-state index contributed by atoms with van der Waals surface area (Å²) >= 11 is 14.4. The second-order valence-corrected chi connectivity index (χ2v) is 10.4. The Morgan fingerprint density at radius 2 is 1.00 bits per heavy atom. The van der Waals surface area contributed by atoms with Crippen LogP contribution in [-0.4, -0.2) is 16.4 Å². The summed E-state index contributed by atoms with van der Waals surface area (Å²) < 4.78 is 3.77. The molecular formula is C23H19Br4N3. The van der Waals surface area contributed by atoms with Gasteiger partial charge in [0.1, 0.15) is 0 Å². The fourth-order valence-corrected chi connectivity index (χ4v) is 6.07. The van der Waals surface area contributed by atoms with Crippen LogP contribution in [0.25, 0.3) is 0 Å². The lowest BCUT2D eigenvalue weighted by molar-refractivity contribution is 1.23. The van der Waals surface area contributed by atoms with Crippen molar-refractivity contribution in [2.24, 2.45) is 9.98 Å². The number of hydrogen-bond donors (Lipinski definition) is 0. The highest BCUT2D eigenvalue weighted by molar-refractivity contribution is 9.11. The van der Waals surface area contributed by atoms with Crippen LogP contribution in [0.4, 0.5) is 11.4 Å². The van der Waals surface area contributed by atoms with Crippen molar-refractivity contribution in [2.45, 2.75) is 27.7 Å². The zero-order valence-electron chi connectivity index (χ0n) is 16.9. The second kappa shape index (κ2) is 9.98. The van der Waals surface area contributed by atoms with Gasteiger partial charge in [0.15, 0.2) is 0 Å². The van der Waals surface area contributed by atoms with Crippen LogP contribution >= 0.6 is 63.7 Å². The molecule has 0 bridgehead atoms. The first-order valence-electron chi connectivity index (χ1n) is 9.15. The normalized spacial score (nSPS) is 12.4. The van der Waals surface area contributed by atoms with Gasteiger partial charge in [-0.1, -0.05) is 6.07 Å². The molecule has 3 rings (SSSR count). The summed E-state index contributed by atoms with van der Waals surface area (Å²) in [6, 6.07) is 14.1. The summed E-state index contributed by atoms with van der Waals surface area (Å²) in [6.07, 6.45) is 0. The van der Waals surface area contributed by atoms with E-state index in [0.29, 0.717) is 0 Å². The van der Waals surface area contributed by atoms with Gasteiger partial charge in [-0.15, -0.1) is 0 Å². The standard InChI is InChI=1S/C23H19Br4N3/c1-12-8-16(24)22(17(25)9-12)28-14(3)20-6-5-7-21(30-20)15(4)29-23-18(26)10-13(2)11-19(23)27/h5-11H,1-4H3. The zero-order valence-corrected chi connectivity index (χ0v) is 23.2. The average Bonchev–Trinajstić information content (AvgIpc) is 2.67. The Labute approximate surface area is 210 Å². The Morgan fingerprint density at radius 1 is 0.667 bits per heavy atom. The molecule has 0 unspecified atom stereocenters. The number of rotatable bonds is 4. The van der Waals surface area contributed by atoms with Crippen LogP contribution in [0, 0.1) is 13.8 Å². The molecule has 0 radical (unpaired) electrons. The van der Waals surface area contributed by atoms with E-state index in [1.54, 1.807) is 0 Å². The molecule has 0 atom stereocenters. The number of aliphatic imine (C=N–C) groups is 2. The van der Waals surface area contributed by atoms with Gasteiger partial charge < -0.3 is 0 Å². The number of halogens is 4. The Balaban J connectivity index is 1.99. The van der Waals surface area contributed by atoms with Gasteiger partial charge in [0.25, 0.3) is 0 Å². The molecule has 0 fully saturated rings. The van der Waals surface area contributed by atoms with Crippen LogP contribution < -0.4 is 0 Å². The first-order valence-corrected chi connectivity index (χ1v) is 12.3. The average molecular weight is 657 g/mol. The molecule has 2 aromatic carbocycles. The van der Waals surface area contributed by atoms with Crippen LogP contribution in [-0.2, 0) is 0 Å². The number of pyridine rings is 1. The molecule has 0 aliphatic carbocycles. The first kappa shape index (κ1) is 23.5. The number of aromatic nitrogens is 1. The van der Waals surface area contributed by atoms with E-state index < -0.39 is 0 Å². The van der Waals surface area contributed by atoms with E-state index in [-0.39, 0.29) is 0 Å².